The van der Waals surface area contributed by atoms with Crippen molar-refractivity contribution in [3.63, 3.8) is 0 Å². The lowest BCUT2D eigenvalue weighted by atomic mass is 9.79. The van der Waals surface area contributed by atoms with Crippen LogP contribution in [0.3, 0.4) is 0 Å². The maximum Gasteiger partial charge on any atom is 0.143 e. The first kappa shape index (κ1) is 27.7. The molecule has 0 atom stereocenters. The quantitative estimate of drug-likeness (QED) is 0.181. The summed E-state index contributed by atoms with van der Waals surface area (Å²) in [5.74, 6) is 0. The fourth-order valence-electron chi connectivity index (χ4n) is 8.14. The summed E-state index contributed by atoms with van der Waals surface area (Å²) in [6.07, 6.45) is 0. The van der Waals surface area contributed by atoms with Gasteiger partial charge in [0.25, 0.3) is 0 Å². The van der Waals surface area contributed by atoms with Gasteiger partial charge < -0.3 is 4.42 Å². The van der Waals surface area contributed by atoms with Crippen molar-refractivity contribution in [3.8, 4) is 66.8 Å². The third-order valence-corrected chi connectivity index (χ3v) is 11.6. The van der Waals surface area contributed by atoms with E-state index in [-0.39, 0.29) is 0 Å². The zero-order valence-corrected chi connectivity index (χ0v) is 27.8. The van der Waals surface area contributed by atoms with Crippen molar-refractivity contribution in [2.75, 3.05) is 0 Å². The van der Waals surface area contributed by atoms with Gasteiger partial charge in [0.1, 0.15) is 11.2 Å². The van der Waals surface area contributed by atoms with Gasteiger partial charge in [0.2, 0.25) is 0 Å². The van der Waals surface area contributed by atoms with Gasteiger partial charge >= 0.3 is 0 Å². The molecular weight excluding hydrogens is 625 g/mol. The number of hydrogen-bond donors (Lipinski definition) is 0. The van der Waals surface area contributed by atoms with Gasteiger partial charge in [0.05, 0.1) is 0 Å². The Balaban J connectivity index is 1.17. The number of rotatable bonds is 2. The Morgan fingerprint density at radius 3 is 1.58 bits per heavy atom. The molecule has 0 spiro atoms. The Bertz CT molecular complexity index is 2990. The summed E-state index contributed by atoms with van der Waals surface area (Å²) < 4.78 is 9.17. The molecule has 2 aromatic heterocycles. The molecule has 0 amide bonds. The maximum atomic E-state index is 6.52. The fourth-order valence-corrected chi connectivity index (χ4v) is 9.22. The minimum absolute atomic E-state index is 0.915. The van der Waals surface area contributed by atoms with Crippen LogP contribution >= 0.6 is 11.3 Å². The molecule has 8 aromatic carbocycles. The Labute approximate surface area is 293 Å². The van der Waals surface area contributed by atoms with Crippen molar-refractivity contribution >= 4 is 53.4 Å². The second-order valence-electron chi connectivity index (χ2n) is 13.2. The van der Waals surface area contributed by atoms with Gasteiger partial charge in [0.15, 0.2) is 0 Å². The summed E-state index contributed by atoms with van der Waals surface area (Å²) in [6, 6.07) is 62.3. The van der Waals surface area contributed by atoms with Gasteiger partial charge in [-0.25, -0.2) is 0 Å². The van der Waals surface area contributed by atoms with E-state index in [4.69, 9.17) is 4.42 Å². The molecule has 232 valence electrons. The molecule has 10 aromatic rings. The second-order valence-corrected chi connectivity index (χ2v) is 14.3. The van der Waals surface area contributed by atoms with Crippen LogP contribution in [-0.4, -0.2) is 0 Å². The molecule has 1 aliphatic carbocycles. The average Bonchev–Trinajstić information content (AvgIpc) is 3.75. The summed E-state index contributed by atoms with van der Waals surface area (Å²) in [5, 5.41) is 4.93. The van der Waals surface area contributed by atoms with Crippen molar-refractivity contribution in [2.24, 2.45) is 0 Å². The van der Waals surface area contributed by atoms with Gasteiger partial charge in [-0.3, -0.25) is 0 Å². The van der Waals surface area contributed by atoms with Gasteiger partial charge in [-0.2, -0.15) is 0 Å². The molecule has 2 heterocycles. The smallest absolute Gasteiger partial charge is 0.143 e. The van der Waals surface area contributed by atoms with Crippen molar-refractivity contribution in [3.05, 3.63) is 170 Å². The highest BCUT2D eigenvalue weighted by Gasteiger charge is 2.23. The van der Waals surface area contributed by atoms with Crippen molar-refractivity contribution in [2.45, 2.75) is 0 Å². The number of benzene rings is 8. The zero-order chi connectivity index (χ0) is 32.8. The number of fused-ring (bicyclic) bond motifs is 14. The monoisotopic (exact) mass is 652 g/mol. The number of furan rings is 1. The van der Waals surface area contributed by atoms with E-state index in [1.165, 1.54) is 75.8 Å². The first-order valence-electron chi connectivity index (χ1n) is 17.1. The molecule has 11 rings (SSSR count). The first-order chi connectivity index (χ1) is 24.8. The fraction of sp³-hybridized carbons (Fsp3) is 0. The minimum atomic E-state index is 0.915. The number of thiophene rings is 1. The lowest BCUT2D eigenvalue weighted by molar-refractivity contribution is 0.670. The molecule has 2 heteroatoms. The minimum Gasteiger partial charge on any atom is -0.455 e. The molecule has 50 heavy (non-hydrogen) atoms. The predicted molar refractivity (Wildman–Crippen MR) is 213 cm³/mol. The van der Waals surface area contributed by atoms with Crippen LogP contribution in [0.5, 0.6) is 0 Å². The van der Waals surface area contributed by atoms with E-state index >= 15 is 0 Å². The van der Waals surface area contributed by atoms with Gasteiger partial charge in [-0.15, -0.1) is 11.3 Å². The zero-order valence-electron chi connectivity index (χ0n) is 27.0. The Kier molecular flexibility index (Phi) is 5.89. The predicted octanol–water partition coefficient (Wildman–Crippen LogP) is 14.3. The molecule has 1 nitrogen and oxygen atoms in total. The lowest BCUT2D eigenvalue weighted by Gasteiger charge is -2.24. The molecule has 0 fully saturated rings. The Morgan fingerprint density at radius 2 is 0.800 bits per heavy atom. The molecule has 0 saturated carbocycles. The van der Waals surface area contributed by atoms with Gasteiger partial charge in [-0.05, 0) is 97.6 Å². The van der Waals surface area contributed by atoms with Crippen LogP contribution in [0, 0.1) is 0 Å². The molecule has 0 aliphatic heterocycles. The topological polar surface area (TPSA) is 13.1 Å². The van der Waals surface area contributed by atoms with Crippen molar-refractivity contribution < 1.29 is 4.42 Å². The van der Waals surface area contributed by atoms with Crippen LogP contribution in [0.15, 0.2) is 174 Å². The lowest BCUT2D eigenvalue weighted by Crippen LogP contribution is -1.98. The molecule has 0 saturated heterocycles. The van der Waals surface area contributed by atoms with Crippen LogP contribution < -0.4 is 0 Å². The van der Waals surface area contributed by atoms with Gasteiger partial charge in [0, 0.05) is 36.5 Å². The van der Waals surface area contributed by atoms with E-state index in [9.17, 15) is 0 Å². The maximum absolute atomic E-state index is 6.52. The summed E-state index contributed by atoms with van der Waals surface area (Å²) in [4.78, 5) is 0. The highest BCUT2D eigenvalue weighted by molar-refractivity contribution is 7.25. The van der Waals surface area contributed by atoms with Crippen molar-refractivity contribution in [1.29, 1.82) is 0 Å². The van der Waals surface area contributed by atoms with Crippen LogP contribution in [0.4, 0.5) is 0 Å². The normalized spacial score (nSPS) is 12.0. The van der Waals surface area contributed by atoms with Gasteiger partial charge in [-0.1, -0.05) is 133 Å². The van der Waals surface area contributed by atoms with E-state index in [0.717, 1.165) is 33.1 Å². The first-order valence-corrected chi connectivity index (χ1v) is 17.9. The Morgan fingerprint density at radius 1 is 0.300 bits per heavy atom. The summed E-state index contributed by atoms with van der Waals surface area (Å²) in [6.45, 7) is 0. The summed E-state index contributed by atoms with van der Waals surface area (Å²) >= 11 is 1.86. The second kappa shape index (κ2) is 10.6. The van der Waals surface area contributed by atoms with Crippen LogP contribution in [0.2, 0.25) is 0 Å². The van der Waals surface area contributed by atoms with Crippen LogP contribution in [0.1, 0.15) is 0 Å². The van der Waals surface area contributed by atoms with Crippen LogP contribution in [0.25, 0.3) is 109 Å². The van der Waals surface area contributed by atoms with E-state index in [1.807, 2.05) is 17.4 Å². The van der Waals surface area contributed by atoms with E-state index in [2.05, 4.69) is 164 Å². The standard InChI is InChI=1S/C48H28OS/c1-2-12-35-33(10-1)34-11-3-4-13-36(34)42-26-29(30-22-25-47-44(27-30)40-15-6-8-19-46(40)50-47)20-23-38(42)43-28-31(21-24-37(35)43)32-16-9-17-41-39-14-5-7-18-45(39)49-48(32)41/h1-28H. The van der Waals surface area contributed by atoms with E-state index < -0.39 is 0 Å². The molecule has 0 N–H and O–H groups in total. The SMILES string of the molecule is c1ccc2c(c1)-c1ccccc1-c1cc(-c3ccc4sc5ccccc5c4c3)ccc1-c1cc(-c3cccc4c3oc3ccccc34)ccc1-2. The largest absolute Gasteiger partial charge is 0.455 e. The van der Waals surface area contributed by atoms with Crippen LogP contribution in [-0.2, 0) is 0 Å². The van der Waals surface area contributed by atoms with E-state index in [1.54, 1.807) is 0 Å². The number of para-hydroxylation sites is 2. The molecule has 0 radical (unpaired) electrons. The summed E-state index contributed by atoms with van der Waals surface area (Å²) in [5.41, 5.74) is 16.4. The molecule has 0 unspecified atom stereocenters. The van der Waals surface area contributed by atoms with Crippen molar-refractivity contribution in [1.82, 2.24) is 0 Å². The highest BCUT2D eigenvalue weighted by atomic mass is 32.1. The molecule has 0 bridgehead atoms. The summed E-state index contributed by atoms with van der Waals surface area (Å²) in [7, 11) is 0. The average molecular weight is 653 g/mol. The molecule has 1 aliphatic rings. The third-order valence-electron chi connectivity index (χ3n) is 10.5. The highest BCUT2D eigenvalue weighted by Crippen LogP contribution is 2.50. The number of hydrogen-bond acceptors (Lipinski definition) is 2. The van der Waals surface area contributed by atoms with E-state index in [0.29, 0.717) is 0 Å². The third kappa shape index (κ3) is 4.06. The Hall–Kier alpha value is -6.22. The molecular formula is C48H28OS.